The zero-order valence-corrected chi connectivity index (χ0v) is 23.4. The molecule has 3 aliphatic rings. The van der Waals surface area contributed by atoms with Crippen molar-refractivity contribution in [1.82, 2.24) is 39.7 Å². The third kappa shape index (κ3) is 4.03. The summed E-state index contributed by atoms with van der Waals surface area (Å²) in [5, 5.41) is 15.7. The van der Waals surface area contributed by atoms with E-state index in [1.165, 1.54) is 12.4 Å². The molecule has 4 aromatic heterocycles. The number of rotatable bonds is 4. The summed E-state index contributed by atoms with van der Waals surface area (Å²) in [6.45, 7) is 2.39. The fourth-order valence-corrected chi connectivity index (χ4v) is 7.19. The van der Waals surface area contributed by atoms with Crippen molar-refractivity contribution in [3.63, 3.8) is 0 Å². The van der Waals surface area contributed by atoms with Gasteiger partial charge in [0.2, 0.25) is 5.82 Å². The Kier molecular flexibility index (Phi) is 5.85. The molecule has 3 aliphatic heterocycles. The smallest absolute Gasteiger partial charge is 0.292 e. The minimum Gasteiger partial charge on any atom is -0.369 e. The van der Waals surface area contributed by atoms with Gasteiger partial charge in [-0.25, -0.2) is 9.37 Å². The monoisotopic (exact) mass is 577 g/mol. The summed E-state index contributed by atoms with van der Waals surface area (Å²) >= 11 is 0. The zero-order valence-electron chi connectivity index (χ0n) is 23.4. The van der Waals surface area contributed by atoms with Gasteiger partial charge in [-0.3, -0.25) is 14.6 Å². The fourth-order valence-electron chi connectivity index (χ4n) is 7.19. The van der Waals surface area contributed by atoms with Crippen LogP contribution in [0.3, 0.4) is 0 Å². The maximum Gasteiger partial charge on any atom is 0.292 e. The van der Waals surface area contributed by atoms with Gasteiger partial charge in [0.05, 0.1) is 23.1 Å². The van der Waals surface area contributed by atoms with E-state index in [4.69, 9.17) is 4.98 Å². The summed E-state index contributed by atoms with van der Waals surface area (Å²) in [6, 6.07) is 8.77. The van der Waals surface area contributed by atoms with Gasteiger partial charge in [0, 0.05) is 53.9 Å². The van der Waals surface area contributed by atoms with E-state index in [1.807, 2.05) is 30.0 Å². The normalized spacial score (nSPS) is 21.2. The Bertz CT molecular complexity index is 1870. The van der Waals surface area contributed by atoms with Crippen LogP contribution in [0.2, 0.25) is 0 Å². The highest BCUT2D eigenvalue weighted by Gasteiger charge is 2.46. The number of halogens is 1. The zero-order chi connectivity index (χ0) is 29.2. The van der Waals surface area contributed by atoms with Crippen LogP contribution in [-0.2, 0) is 0 Å². The highest BCUT2D eigenvalue weighted by atomic mass is 19.1. The van der Waals surface area contributed by atoms with Crippen molar-refractivity contribution in [3.05, 3.63) is 77.5 Å². The number of nitrogens with zero attached hydrogens (tertiary/aromatic N) is 7. The Morgan fingerprint density at radius 3 is 2.63 bits per heavy atom. The number of fused-ring (bicyclic) bond motifs is 5. The van der Waals surface area contributed by atoms with E-state index >= 15 is 0 Å². The van der Waals surface area contributed by atoms with Crippen LogP contribution in [-0.4, -0.2) is 70.0 Å². The number of pyridine rings is 1. The molecule has 0 saturated carbocycles. The lowest BCUT2D eigenvalue weighted by Crippen LogP contribution is -2.46. The van der Waals surface area contributed by atoms with Gasteiger partial charge >= 0.3 is 0 Å². The molecule has 12 heteroatoms. The summed E-state index contributed by atoms with van der Waals surface area (Å²) in [6.07, 6.45) is 8.47. The molecule has 7 heterocycles. The first-order valence-corrected chi connectivity index (χ1v) is 14.6. The van der Waals surface area contributed by atoms with E-state index < -0.39 is 0 Å². The summed E-state index contributed by atoms with van der Waals surface area (Å²) in [7, 11) is 0. The summed E-state index contributed by atoms with van der Waals surface area (Å²) in [5.41, 5.74) is 5.39. The van der Waals surface area contributed by atoms with Gasteiger partial charge in [0.1, 0.15) is 18.0 Å². The number of H-pyrrole nitrogens is 1. The van der Waals surface area contributed by atoms with Gasteiger partial charge in [-0.1, -0.05) is 18.2 Å². The van der Waals surface area contributed by atoms with Gasteiger partial charge in [-0.05, 0) is 50.3 Å². The maximum absolute atomic E-state index is 14.6. The van der Waals surface area contributed by atoms with Gasteiger partial charge in [-0.15, -0.1) is 10.2 Å². The standard InChI is InChI=1S/C31H28FN9O2/c1-16-3-2-4-22(32)25(16)23-8-5-17(13-34-23)21-14-37-41-29(21)38-27(26-24(42)9-10-33-30(26)41)18-11-19-6-7-20(12-18)40(19)31(43)28-35-15-36-39-28/h2-5,8,13-15,18-20,33H,6-7,9-12H2,1H3,(H,35,36,39). The van der Waals surface area contributed by atoms with Crippen molar-refractivity contribution >= 4 is 23.2 Å². The molecule has 2 bridgehead atoms. The predicted molar refractivity (Wildman–Crippen MR) is 155 cm³/mol. The van der Waals surface area contributed by atoms with Gasteiger partial charge in [0.15, 0.2) is 11.4 Å². The molecule has 1 aromatic carbocycles. The number of hydrogen-bond acceptors (Lipinski definition) is 8. The fraction of sp³-hybridized carbons (Fsp3) is 0.323. The first-order valence-electron chi connectivity index (χ1n) is 14.6. The lowest BCUT2D eigenvalue weighted by Gasteiger charge is -2.39. The van der Waals surface area contributed by atoms with Crippen molar-refractivity contribution in [2.24, 2.45) is 0 Å². The molecule has 2 saturated heterocycles. The summed E-state index contributed by atoms with van der Waals surface area (Å²) in [4.78, 5) is 41.1. The number of amides is 1. The number of ketones is 1. The lowest BCUT2D eigenvalue weighted by atomic mass is 9.84. The Balaban J connectivity index is 1.19. The van der Waals surface area contributed by atoms with Crippen LogP contribution in [0.25, 0.3) is 28.0 Å². The SMILES string of the molecule is Cc1cccc(F)c1-c1ccc(-c2cnn3c4c(c(C5CC6CCC(C5)N6C(=O)c5nnc[nH]5)nc23)C(=O)CCN4)cn1. The van der Waals surface area contributed by atoms with Crippen LogP contribution in [0.15, 0.2) is 49.1 Å². The Hall–Kier alpha value is -5.00. The molecule has 0 spiro atoms. The van der Waals surface area contributed by atoms with E-state index in [-0.39, 0.29) is 41.3 Å². The highest BCUT2D eigenvalue weighted by molar-refractivity contribution is 6.04. The number of anilines is 1. The molecule has 2 atom stereocenters. The van der Waals surface area contributed by atoms with Crippen LogP contribution in [0.4, 0.5) is 10.2 Å². The number of aromatic nitrogens is 7. The van der Waals surface area contributed by atoms with Gasteiger partial charge in [-0.2, -0.15) is 9.61 Å². The third-order valence-electron chi connectivity index (χ3n) is 9.12. The number of piperidine rings is 1. The number of nitrogens with one attached hydrogen (secondary N) is 2. The second-order valence-electron chi connectivity index (χ2n) is 11.6. The summed E-state index contributed by atoms with van der Waals surface area (Å²) < 4.78 is 16.3. The molecule has 2 fully saturated rings. The number of aryl methyl sites for hydroxylation is 1. The van der Waals surface area contributed by atoms with Crippen LogP contribution < -0.4 is 5.32 Å². The second kappa shape index (κ2) is 9.79. The minimum atomic E-state index is -0.313. The molecule has 1 amide bonds. The number of hydrogen-bond donors (Lipinski definition) is 2. The molecule has 216 valence electrons. The van der Waals surface area contributed by atoms with Gasteiger partial charge in [0.25, 0.3) is 5.91 Å². The van der Waals surface area contributed by atoms with Gasteiger partial charge < -0.3 is 15.2 Å². The topological polar surface area (TPSA) is 134 Å². The molecule has 2 unspecified atom stereocenters. The first kappa shape index (κ1) is 25.7. The number of carbonyl (C=O) groups is 2. The van der Waals surface area contributed by atoms with E-state index in [0.717, 1.165) is 35.2 Å². The number of Topliss-reactive ketones (excluding diaryl/α,β-unsaturated/α-hetero) is 1. The highest BCUT2D eigenvalue weighted by Crippen LogP contribution is 2.45. The predicted octanol–water partition coefficient (Wildman–Crippen LogP) is 4.57. The Morgan fingerprint density at radius 1 is 1.07 bits per heavy atom. The second-order valence-corrected chi connectivity index (χ2v) is 11.6. The van der Waals surface area contributed by atoms with Crippen LogP contribution in [0, 0.1) is 12.7 Å². The maximum atomic E-state index is 14.6. The molecule has 0 aliphatic carbocycles. The molecule has 11 nitrogen and oxygen atoms in total. The third-order valence-corrected chi connectivity index (χ3v) is 9.12. The molecular formula is C31H28FN9O2. The van der Waals surface area contributed by atoms with Crippen molar-refractivity contribution in [2.45, 2.75) is 57.0 Å². The number of carbonyl (C=O) groups excluding carboxylic acids is 2. The van der Waals surface area contributed by atoms with E-state index in [2.05, 4.69) is 30.6 Å². The van der Waals surface area contributed by atoms with E-state index in [1.54, 1.807) is 23.0 Å². The van der Waals surface area contributed by atoms with Crippen molar-refractivity contribution < 1.29 is 14.0 Å². The number of aromatic amines is 1. The Morgan fingerprint density at radius 2 is 1.91 bits per heavy atom. The quantitative estimate of drug-likeness (QED) is 0.317. The molecule has 5 aromatic rings. The van der Waals surface area contributed by atoms with Crippen LogP contribution in [0.5, 0.6) is 0 Å². The van der Waals surface area contributed by atoms with Crippen LogP contribution >= 0.6 is 0 Å². The molecular weight excluding hydrogens is 549 g/mol. The lowest BCUT2D eigenvalue weighted by molar-refractivity contribution is 0.0556. The van der Waals surface area contributed by atoms with Crippen LogP contribution in [0.1, 0.15) is 70.3 Å². The number of benzene rings is 1. The molecule has 43 heavy (non-hydrogen) atoms. The van der Waals surface area contributed by atoms with Crippen molar-refractivity contribution in [2.75, 3.05) is 11.9 Å². The van der Waals surface area contributed by atoms with E-state index in [0.29, 0.717) is 54.1 Å². The summed E-state index contributed by atoms with van der Waals surface area (Å²) in [5.74, 6) is 0.515. The Labute approximate surface area is 245 Å². The largest absolute Gasteiger partial charge is 0.369 e. The van der Waals surface area contributed by atoms with Crippen molar-refractivity contribution in [3.8, 4) is 22.4 Å². The molecule has 8 rings (SSSR count). The minimum absolute atomic E-state index is 0.00570. The van der Waals surface area contributed by atoms with Crippen molar-refractivity contribution in [1.29, 1.82) is 0 Å². The first-order chi connectivity index (χ1) is 21.0. The van der Waals surface area contributed by atoms with E-state index in [9.17, 15) is 14.0 Å². The molecule has 2 N–H and O–H groups in total. The molecule has 0 radical (unpaired) electrons. The average molecular weight is 578 g/mol. The average Bonchev–Trinajstić information content (AvgIpc) is 3.75.